The molecule has 5 rings (SSSR count). The maximum atomic E-state index is 9.76. The average Bonchev–Trinajstić information content (AvgIpc) is 3.49. The van der Waals surface area contributed by atoms with Crippen LogP contribution in [-0.2, 0) is 13.6 Å². The summed E-state index contributed by atoms with van der Waals surface area (Å²) >= 11 is 0. The van der Waals surface area contributed by atoms with Gasteiger partial charge in [0.25, 0.3) is 0 Å². The molecule has 5 aromatic rings. The third-order valence-corrected chi connectivity index (χ3v) is 4.98. The van der Waals surface area contributed by atoms with Gasteiger partial charge in [-0.15, -0.1) is 0 Å². The van der Waals surface area contributed by atoms with Crippen molar-refractivity contribution in [3.05, 3.63) is 67.1 Å². The zero-order valence-corrected chi connectivity index (χ0v) is 15.4. The molecule has 0 bridgehead atoms. The minimum atomic E-state index is -0.00305. The van der Waals surface area contributed by atoms with Crippen LogP contribution in [0.2, 0.25) is 0 Å². The van der Waals surface area contributed by atoms with E-state index in [9.17, 15) is 5.11 Å². The molecule has 6 nitrogen and oxygen atoms in total. The van der Waals surface area contributed by atoms with Crippen LogP contribution in [0, 0.1) is 0 Å². The van der Waals surface area contributed by atoms with Crippen LogP contribution in [0.4, 0.5) is 0 Å². The molecule has 0 atom stereocenters. The van der Waals surface area contributed by atoms with Crippen LogP contribution in [0.25, 0.3) is 45.3 Å². The molecular formula is C22H19N3O3. The first-order valence-electron chi connectivity index (χ1n) is 9.12. The Kier molecular flexibility index (Phi) is 3.91. The van der Waals surface area contributed by atoms with Crippen molar-refractivity contribution >= 4 is 11.0 Å². The Labute approximate surface area is 161 Å². The Bertz CT molecular complexity index is 1230. The Hall–Kier alpha value is -3.51. The Morgan fingerprint density at radius 3 is 2.39 bits per heavy atom. The third-order valence-electron chi connectivity index (χ3n) is 4.98. The zero-order chi connectivity index (χ0) is 19.1. The third kappa shape index (κ3) is 2.50. The van der Waals surface area contributed by atoms with Crippen LogP contribution < -0.4 is 0 Å². The molecule has 0 saturated carbocycles. The molecule has 6 heteroatoms. The molecule has 4 aromatic heterocycles. The van der Waals surface area contributed by atoms with Crippen molar-refractivity contribution in [2.75, 3.05) is 6.61 Å². The number of benzene rings is 1. The van der Waals surface area contributed by atoms with E-state index >= 15 is 0 Å². The molecule has 28 heavy (non-hydrogen) atoms. The lowest BCUT2D eigenvalue weighted by molar-refractivity contribution is 0.277. The van der Waals surface area contributed by atoms with Gasteiger partial charge in [0.15, 0.2) is 11.6 Å². The molecule has 1 N–H and O–H groups in total. The second-order valence-corrected chi connectivity index (χ2v) is 6.60. The molecule has 0 aliphatic heterocycles. The lowest BCUT2D eigenvalue weighted by Crippen LogP contribution is -2.07. The van der Waals surface area contributed by atoms with Crippen molar-refractivity contribution in [2.45, 2.75) is 6.54 Å². The molecule has 140 valence electrons. The Morgan fingerprint density at radius 1 is 0.964 bits per heavy atom. The molecule has 0 radical (unpaired) electrons. The fraction of sp³-hybridized carbons (Fsp3) is 0.136. The van der Waals surface area contributed by atoms with E-state index in [4.69, 9.17) is 13.8 Å². The van der Waals surface area contributed by atoms with Crippen LogP contribution >= 0.6 is 0 Å². The highest BCUT2D eigenvalue weighted by atomic mass is 16.3. The molecule has 0 unspecified atom stereocenters. The predicted molar refractivity (Wildman–Crippen MR) is 107 cm³/mol. The topological polar surface area (TPSA) is 69.3 Å². The monoisotopic (exact) mass is 373 g/mol. The standard InChI is InChI=1S/C22H19N3O3/c1-24-17-7-3-2-6-16(17)23-22(24)18-14-15(19-8-4-12-27-19)21(25(18)10-11-26)20-9-5-13-28-20/h2-9,12-14,26H,10-11H2,1H3. The Balaban J connectivity index is 1.82. The maximum Gasteiger partial charge on any atom is 0.157 e. The number of imidazole rings is 1. The molecule has 0 aliphatic rings. The molecular weight excluding hydrogens is 354 g/mol. The van der Waals surface area contributed by atoms with Crippen molar-refractivity contribution in [1.82, 2.24) is 14.1 Å². The first kappa shape index (κ1) is 16.6. The number of nitrogens with zero attached hydrogens (tertiary/aromatic N) is 3. The first-order valence-corrected chi connectivity index (χ1v) is 9.12. The van der Waals surface area contributed by atoms with E-state index in [-0.39, 0.29) is 6.61 Å². The highest BCUT2D eigenvalue weighted by molar-refractivity contribution is 5.85. The van der Waals surface area contributed by atoms with E-state index in [1.807, 2.05) is 66.2 Å². The quantitative estimate of drug-likeness (QED) is 0.490. The van der Waals surface area contributed by atoms with Gasteiger partial charge in [-0.05, 0) is 42.5 Å². The van der Waals surface area contributed by atoms with Gasteiger partial charge in [-0.3, -0.25) is 0 Å². The van der Waals surface area contributed by atoms with Crippen molar-refractivity contribution in [1.29, 1.82) is 0 Å². The van der Waals surface area contributed by atoms with Gasteiger partial charge in [-0.1, -0.05) is 12.1 Å². The van der Waals surface area contributed by atoms with Gasteiger partial charge in [0, 0.05) is 19.2 Å². The lowest BCUT2D eigenvalue weighted by atomic mass is 10.1. The highest BCUT2D eigenvalue weighted by Crippen LogP contribution is 2.39. The summed E-state index contributed by atoms with van der Waals surface area (Å²) in [7, 11) is 2.00. The number of aromatic nitrogens is 3. The molecule has 0 amide bonds. The van der Waals surface area contributed by atoms with Crippen LogP contribution in [0.3, 0.4) is 0 Å². The van der Waals surface area contributed by atoms with E-state index in [1.165, 1.54) is 0 Å². The van der Waals surface area contributed by atoms with E-state index in [1.54, 1.807) is 12.5 Å². The number of fused-ring (bicyclic) bond motifs is 1. The number of para-hydroxylation sites is 2. The fourth-order valence-corrected chi connectivity index (χ4v) is 3.74. The van der Waals surface area contributed by atoms with Gasteiger partial charge in [-0.2, -0.15) is 0 Å². The van der Waals surface area contributed by atoms with Crippen molar-refractivity contribution in [3.63, 3.8) is 0 Å². The maximum absolute atomic E-state index is 9.76. The number of hydrogen-bond acceptors (Lipinski definition) is 4. The highest BCUT2D eigenvalue weighted by Gasteiger charge is 2.24. The SMILES string of the molecule is Cn1c(-c2cc(-c3ccco3)c(-c3ccco3)n2CCO)nc2ccccc21. The fourth-order valence-electron chi connectivity index (χ4n) is 3.74. The smallest absolute Gasteiger partial charge is 0.157 e. The summed E-state index contributed by atoms with van der Waals surface area (Å²) in [6.07, 6.45) is 3.30. The number of rotatable bonds is 5. The largest absolute Gasteiger partial charge is 0.464 e. The van der Waals surface area contributed by atoms with Crippen LogP contribution in [0.15, 0.2) is 76.0 Å². The summed E-state index contributed by atoms with van der Waals surface area (Å²) in [5.74, 6) is 2.27. The van der Waals surface area contributed by atoms with Gasteiger partial charge in [-0.25, -0.2) is 4.98 Å². The van der Waals surface area contributed by atoms with E-state index < -0.39 is 0 Å². The second kappa shape index (κ2) is 6.58. The molecule has 0 spiro atoms. The van der Waals surface area contributed by atoms with Crippen LogP contribution in [-0.4, -0.2) is 25.8 Å². The van der Waals surface area contributed by atoms with Gasteiger partial charge in [0.1, 0.15) is 5.76 Å². The van der Waals surface area contributed by atoms with Gasteiger partial charge >= 0.3 is 0 Å². The normalized spacial score (nSPS) is 11.5. The minimum absolute atomic E-state index is 0.00305. The van der Waals surface area contributed by atoms with Crippen molar-refractivity contribution < 1.29 is 13.9 Å². The number of aliphatic hydroxyl groups is 1. The second-order valence-electron chi connectivity index (χ2n) is 6.60. The van der Waals surface area contributed by atoms with E-state index in [2.05, 4.69) is 4.57 Å². The summed E-state index contributed by atoms with van der Waals surface area (Å²) in [5, 5.41) is 9.76. The summed E-state index contributed by atoms with van der Waals surface area (Å²) in [4.78, 5) is 4.84. The summed E-state index contributed by atoms with van der Waals surface area (Å²) in [5.41, 5.74) is 4.63. The average molecular weight is 373 g/mol. The van der Waals surface area contributed by atoms with E-state index in [0.29, 0.717) is 12.3 Å². The number of hydrogen-bond donors (Lipinski definition) is 1. The molecule has 0 saturated heterocycles. The minimum Gasteiger partial charge on any atom is -0.464 e. The van der Waals surface area contributed by atoms with E-state index in [0.717, 1.165) is 39.6 Å². The van der Waals surface area contributed by atoms with Gasteiger partial charge in [0.05, 0.1) is 41.6 Å². The molecule has 0 aliphatic carbocycles. The molecule has 0 fully saturated rings. The molecule has 1 aromatic carbocycles. The van der Waals surface area contributed by atoms with Crippen molar-refractivity contribution in [3.8, 4) is 34.3 Å². The number of aliphatic hydroxyl groups excluding tert-OH is 1. The molecule has 4 heterocycles. The van der Waals surface area contributed by atoms with Gasteiger partial charge < -0.3 is 23.1 Å². The van der Waals surface area contributed by atoms with Crippen LogP contribution in [0.5, 0.6) is 0 Å². The number of furan rings is 2. The number of aryl methyl sites for hydroxylation is 1. The zero-order valence-electron chi connectivity index (χ0n) is 15.4. The van der Waals surface area contributed by atoms with Crippen molar-refractivity contribution in [2.24, 2.45) is 7.05 Å². The van der Waals surface area contributed by atoms with Crippen LogP contribution in [0.1, 0.15) is 0 Å². The first-order chi connectivity index (χ1) is 13.8. The summed E-state index contributed by atoms with van der Waals surface area (Å²) < 4.78 is 15.5. The lowest BCUT2D eigenvalue weighted by Gasteiger charge is -2.11. The van der Waals surface area contributed by atoms with Gasteiger partial charge in [0.2, 0.25) is 0 Å². The predicted octanol–water partition coefficient (Wildman–Crippen LogP) is 4.55. The summed E-state index contributed by atoms with van der Waals surface area (Å²) in [6.45, 7) is 0.409. The Morgan fingerprint density at radius 2 is 1.71 bits per heavy atom. The summed E-state index contributed by atoms with van der Waals surface area (Å²) in [6, 6.07) is 17.6.